The predicted octanol–water partition coefficient (Wildman–Crippen LogP) is 3.31. The summed E-state index contributed by atoms with van der Waals surface area (Å²) >= 11 is 0. The Balaban J connectivity index is 1.43. The van der Waals surface area contributed by atoms with Gasteiger partial charge in [0.1, 0.15) is 0 Å². The Kier molecular flexibility index (Phi) is 7.43. The predicted molar refractivity (Wildman–Crippen MR) is 129 cm³/mol. The van der Waals surface area contributed by atoms with Crippen molar-refractivity contribution < 1.29 is 9.90 Å². The third-order valence-corrected chi connectivity index (χ3v) is 7.09. The lowest BCUT2D eigenvalue weighted by molar-refractivity contribution is -0.120. The summed E-state index contributed by atoms with van der Waals surface area (Å²) < 4.78 is 0. The number of para-hydroxylation sites is 1. The van der Waals surface area contributed by atoms with Crippen LogP contribution in [0.1, 0.15) is 43.4 Å². The summed E-state index contributed by atoms with van der Waals surface area (Å²) in [6.07, 6.45) is 5.16. The molecule has 0 bridgehead atoms. The van der Waals surface area contributed by atoms with Gasteiger partial charge < -0.3 is 19.8 Å². The fraction of sp³-hybridized carbons (Fsp3) is 0.538. The van der Waals surface area contributed by atoms with Gasteiger partial charge in [-0.1, -0.05) is 25.1 Å². The van der Waals surface area contributed by atoms with Crippen LogP contribution in [-0.2, 0) is 11.2 Å². The van der Waals surface area contributed by atoms with Crippen LogP contribution in [0.2, 0.25) is 0 Å². The highest BCUT2D eigenvalue weighted by Gasteiger charge is 2.33. The second kappa shape index (κ2) is 10.5. The van der Waals surface area contributed by atoms with E-state index in [-0.39, 0.29) is 24.3 Å². The summed E-state index contributed by atoms with van der Waals surface area (Å²) in [6.45, 7) is 7.25. The van der Waals surface area contributed by atoms with E-state index in [1.54, 1.807) is 0 Å². The lowest BCUT2D eigenvalue weighted by atomic mass is 9.96. The van der Waals surface area contributed by atoms with Crippen LogP contribution in [0, 0.1) is 5.92 Å². The maximum atomic E-state index is 13.3. The first kappa shape index (κ1) is 22.7. The van der Waals surface area contributed by atoms with Crippen LogP contribution in [0.3, 0.4) is 0 Å². The summed E-state index contributed by atoms with van der Waals surface area (Å²) in [4.78, 5) is 24.6. The van der Waals surface area contributed by atoms with Gasteiger partial charge in [-0.15, -0.1) is 0 Å². The van der Waals surface area contributed by atoms with Gasteiger partial charge in [-0.3, -0.25) is 9.78 Å². The molecule has 4 rings (SSSR count). The number of piperazine rings is 1. The second-order valence-electron chi connectivity index (χ2n) is 9.16. The molecule has 2 aliphatic heterocycles. The number of carbonyl (C=O) groups excluding carboxylic acids is 1. The van der Waals surface area contributed by atoms with Crippen LogP contribution in [-0.4, -0.2) is 67.3 Å². The fourth-order valence-corrected chi connectivity index (χ4v) is 5.01. The molecule has 1 N–H and O–H groups in total. The molecule has 2 unspecified atom stereocenters. The van der Waals surface area contributed by atoms with Crippen LogP contribution in [0.4, 0.5) is 11.4 Å². The normalized spacial score (nSPS) is 20.7. The van der Waals surface area contributed by atoms with E-state index in [0.717, 1.165) is 69.8 Å². The Bertz CT molecular complexity index is 893. The quantitative estimate of drug-likeness (QED) is 0.688. The molecule has 2 aromatic rings. The molecule has 1 amide bonds. The zero-order valence-electron chi connectivity index (χ0n) is 19.4. The number of amides is 1. The van der Waals surface area contributed by atoms with E-state index in [4.69, 9.17) is 0 Å². The van der Waals surface area contributed by atoms with Gasteiger partial charge in [0.05, 0.1) is 11.9 Å². The number of benzene rings is 1. The van der Waals surface area contributed by atoms with Gasteiger partial charge in [-0.2, -0.15) is 0 Å². The molecule has 1 aromatic heterocycles. The van der Waals surface area contributed by atoms with E-state index in [2.05, 4.69) is 53.0 Å². The number of anilines is 2. The second-order valence-corrected chi connectivity index (χ2v) is 9.16. The first-order valence-corrected chi connectivity index (χ1v) is 12.0. The molecular weight excluding hydrogens is 400 g/mol. The topological polar surface area (TPSA) is 59.9 Å². The van der Waals surface area contributed by atoms with Gasteiger partial charge in [-0.25, -0.2) is 0 Å². The lowest BCUT2D eigenvalue weighted by Gasteiger charge is -2.35. The highest BCUT2D eigenvalue weighted by atomic mass is 16.3. The highest BCUT2D eigenvalue weighted by molar-refractivity contribution is 5.97. The Morgan fingerprint density at radius 3 is 2.56 bits per heavy atom. The van der Waals surface area contributed by atoms with Crippen LogP contribution in [0.25, 0.3) is 0 Å². The number of aliphatic hydroxyl groups is 1. The van der Waals surface area contributed by atoms with Crippen molar-refractivity contribution in [3.8, 4) is 0 Å². The molecule has 2 aliphatic rings. The fourth-order valence-electron chi connectivity index (χ4n) is 5.01. The minimum atomic E-state index is 0.0149. The molecule has 172 valence electrons. The Labute approximate surface area is 191 Å². The monoisotopic (exact) mass is 436 g/mol. The van der Waals surface area contributed by atoms with Gasteiger partial charge in [0.2, 0.25) is 5.91 Å². The van der Waals surface area contributed by atoms with Crippen LogP contribution >= 0.6 is 0 Å². The third-order valence-electron chi connectivity index (χ3n) is 7.09. The molecule has 1 aromatic carbocycles. The van der Waals surface area contributed by atoms with Gasteiger partial charge in [0.25, 0.3) is 0 Å². The number of hydrogen-bond acceptors (Lipinski definition) is 5. The molecule has 0 spiro atoms. The Morgan fingerprint density at radius 2 is 1.88 bits per heavy atom. The molecule has 3 heterocycles. The lowest BCUT2D eigenvalue weighted by Crippen LogP contribution is -2.44. The van der Waals surface area contributed by atoms with E-state index >= 15 is 0 Å². The van der Waals surface area contributed by atoms with Crippen molar-refractivity contribution in [3.63, 3.8) is 0 Å². The van der Waals surface area contributed by atoms with Crippen molar-refractivity contribution in [1.82, 2.24) is 9.88 Å². The molecule has 2 fully saturated rings. The molecule has 2 atom stereocenters. The Hall–Kier alpha value is -2.44. The smallest absolute Gasteiger partial charge is 0.230 e. The maximum absolute atomic E-state index is 13.3. The third kappa shape index (κ3) is 4.97. The number of aromatic nitrogens is 1. The summed E-state index contributed by atoms with van der Waals surface area (Å²) in [5.74, 6) is 0.485. The summed E-state index contributed by atoms with van der Waals surface area (Å²) in [5, 5.41) is 9.27. The van der Waals surface area contributed by atoms with Crippen molar-refractivity contribution in [2.45, 2.75) is 38.5 Å². The largest absolute Gasteiger partial charge is 0.396 e. The van der Waals surface area contributed by atoms with Crippen molar-refractivity contribution >= 4 is 17.3 Å². The van der Waals surface area contributed by atoms with E-state index in [0.29, 0.717) is 0 Å². The number of aliphatic hydroxyl groups excluding tert-OH is 1. The molecule has 6 nitrogen and oxygen atoms in total. The number of likely N-dealkylation sites (N-methyl/N-ethyl adjacent to an activating group) is 1. The van der Waals surface area contributed by atoms with Gasteiger partial charge in [0.15, 0.2) is 0 Å². The molecule has 6 heteroatoms. The van der Waals surface area contributed by atoms with Gasteiger partial charge in [-0.05, 0) is 56.5 Å². The van der Waals surface area contributed by atoms with E-state index in [1.807, 2.05) is 23.2 Å². The van der Waals surface area contributed by atoms with E-state index < -0.39 is 0 Å². The van der Waals surface area contributed by atoms with Gasteiger partial charge >= 0.3 is 0 Å². The first-order valence-electron chi connectivity index (χ1n) is 12.0. The average molecular weight is 437 g/mol. The van der Waals surface area contributed by atoms with Crippen molar-refractivity contribution in [2.24, 2.45) is 5.92 Å². The summed E-state index contributed by atoms with van der Waals surface area (Å²) in [5.41, 5.74) is 4.44. The first-order chi connectivity index (χ1) is 15.6. The molecule has 0 radical (unpaired) electrons. The number of rotatable bonds is 8. The maximum Gasteiger partial charge on any atom is 0.230 e. The molecule has 0 saturated carbocycles. The van der Waals surface area contributed by atoms with Crippen LogP contribution < -0.4 is 9.80 Å². The number of pyridine rings is 1. The number of nitrogens with zero attached hydrogens (tertiary/aromatic N) is 4. The molecule has 2 saturated heterocycles. The molecule has 0 aliphatic carbocycles. The van der Waals surface area contributed by atoms with E-state index in [1.165, 1.54) is 11.3 Å². The van der Waals surface area contributed by atoms with Gasteiger partial charge in [0, 0.05) is 62.5 Å². The van der Waals surface area contributed by atoms with E-state index in [9.17, 15) is 9.90 Å². The van der Waals surface area contributed by atoms with Crippen LogP contribution in [0.5, 0.6) is 0 Å². The summed E-state index contributed by atoms with van der Waals surface area (Å²) in [7, 11) is 2.17. The average Bonchev–Trinajstić information content (AvgIpc) is 3.18. The molecule has 32 heavy (non-hydrogen) atoms. The van der Waals surface area contributed by atoms with Crippen molar-refractivity contribution in [1.29, 1.82) is 0 Å². The SMILES string of the molecule is CCC(CCO)c1ccc(N2CCC(Cc3ccccc3N3CCN(C)CC3)C2=O)cn1. The standard InChI is InChI=1S/C26H36N4O2/c1-3-20(11-17-31)24-9-8-23(19-27-24)30-12-10-22(26(30)32)18-21-6-4-5-7-25(21)29-15-13-28(2)14-16-29/h4-9,19-20,22,31H,3,10-18H2,1-2H3. The van der Waals surface area contributed by atoms with Crippen LogP contribution in [0.15, 0.2) is 42.6 Å². The number of hydrogen-bond donors (Lipinski definition) is 1. The van der Waals surface area contributed by atoms with Crippen molar-refractivity contribution in [2.75, 3.05) is 56.2 Å². The zero-order valence-corrected chi connectivity index (χ0v) is 19.4. The highest BCUT2D eigenvalue weighted by Crippen LogP contribution is 2.31. The minimum Gasteiger partial charge on any atom is -0.396 e. The molecular formula is C26H36N4O2. The number of carbonyl (C=O) groups is 1. The van der Waals surface area contributed by atoms with Crippen molar-refractivity contribution in [3.05, 3.63) is 53.9 Å². The minimum absolute atomic E-state index is 0.0149. The summed E-state index contributed by atoms with van der Waals surface area (Å²) in [6, 6.07) is 12.6. The zero-order chi connectivity index (χ0) is 22.5. The Morgan fingerprint density at radius 1 is 1.09 bits per heavy atom.